The lowest BCUT2D eigenvalue weighted by atomic mass is 9.57. The molecule has 0 spiro atoms. The van der Waals surface area contributed by atoms with Gasteiger partial charge in [0, 0.05) is 17.7 Å². The summed E-state index contributed by atoms with van der Waals surface area (Å²) in [6.07, 6.45) is 12.2. The van der Waals surface area contributed by atoms with E-state index in [9.17, 15) is 9.18 Å². The predicted molar refractivity (Wildman–Crippen MR) is 115 cm³/mol. The lowest BCUT2D eigenvalue weighted by Gasteiger charge is -2.45. The quantitative estimate of drug-likeness (QED) is 0.597. The van der Waals surface area contributed by atoms with Gasteiger partial charge in [-0.15, -0.1) is 0 Å². The lowest BCUT2D eigenvalue weighted by Crippen LogP contribution is -2.42. The van der Waals surface area contributed by atoms with Crippen molar-refractivity contribution in [2.24, 2.45) is 29.6 Å². The monoisotopic (exact) mass is 405 g/mol. The van der Waals surface area contributed by atoms with Crippen LogP contribution in [0.5, 0.6) is 0 Å². The van der Waals surface area contributed by atoms with Crippen molar-refractivity contribution in [1.29, 1.82) is 0 Å². The molecule has 156 valence electrons. The number of carbonyl (C=O) groups excluding carboxylic acids is 1. The molecule has 2 heterocycles. The van der Waals surface area contributed by atoms with Gasteiger partial charge in [-0.1, -0.05) is 43.5 Å². The molecule has 2 aromatic rings. The van der Waals surface area contributed by atoms with E-state index in [0.29, 0.717) is 17.8 Å². The summed E-state index contributed by atoms with van der Waals surface area (Å²) in [4.78, 5) is 17.0. The number of cyclic esters (lactones) is 1. The number of hydrogen-bond acceptors (Lipinski definition) is 3. The molecule has 0 N–H and O–H groups in total. The fraction of sp³-hybridized carbons (Fsp3) is 0.462. The third-order valence-electron chi connectivity index (χ3n) is 7.51. The van der Waals surface area contributed by atoms with E-state index in [1.807, 2.05) is 18.2 Å². The minimum Gasteiger partial charge on any atom is -0.462 e. The van der Waals surface area contributed by atoms with Crippen molar-refractivity contribution in [2.45, 2.75) is 45.1 Å². The topological polar surface area (TPSA) is 39.2 Å². The number of esters is 1. The zero-order valence-corrected chi connectivity index (χ0v) is 17.3. The molecule has 5 rings (SSSR count). The minimum absolute atomic E-state index is 0.00694. The second kappa shape index (κ2) is 7.98. The average molecular weight is 406 g/mol. The molecule has 2 saturated carbocycles. The predicted octanol–water partition coefficient (Wildman–Crippen LogP) is 5.90. The van der Waals surface area contributed by atoms with Gasteiger partial charge in [0.1, 0.15) is 11.9 Å². The maximum absolute atomic E-state index is 13.5. The fourth-order valence-corrected chi connectivity index (χ4v) is 6.14. The molecule has 6 atom stereocenters. The van der Waals surface area contributed by atoms with E-state index in [0.717, 1.165) is 23.2 Å². The van der Waals surface area contributed by atoms with Gasteiger partial charge in [-0.2, -0.15) is 0 Å². The van der Waals surface area contributed by atoms with Gasteiger partial charge in [-0.3, -0.25) is 9.78 Å². The zero-order valence-electron chi connectivity index (χ0n) is 17.3. The second-order valence-corrected chi connectivity index (χ2v) is 9.19. The van der Waals surface area contributed by atoms with Gasteiger partial charge in [-0.25, -0.2) is 4.39 Å². The van der Waals surface area contributed by atoms with Gasteiger partial charge >= 0.3 is 5.97 Å². The summed E-state index contributed by atoms with van der Waals surface area (Å²) in [5.41, 5.74) is 2.62. The van der Waals surface area contributed by atoms with Crippen LogP contribution in [0.15, 0.2) is 48.7 Å². The molecule has 2 aliphatic carbocycles. The van der Waals surface area contributed by atoms with E-state index >= 15 is 0 Å². The van der Waals surface area contributed by atoms with Gasteiger partial charge in [0.25, 0.3) is 0 Å². The van der Waals surface area contributed by atoms with Crippen LogP contribution in [-0.2, 0) is 9.53 Å². The number of pyridine rings is 1. The summed E-state index contributed by atoms with van der Waals surface area (Å²) >= 11 is 0. The first-order valence-electron chi connectivity index (χ1n) is 11.2. The first-order chi connectivity index (χ1) is 14.6. The Morgan fingerprint density at radius 1 is 1.13 bits per heavy atom. The fourth-order valence-electron chi connectivity index (χ4n) is 6.14. The normalized spacial score (nSPS) is 33.2. The molecule has 0 radical (unpaired) electrons. The van der Waals surface area contributed by atoms with Gasteiger partial charge in [0.05, 0.1) is 11.6 Å². The van der Waals surface area contributed by atoms with E-state index in [-0.39, 0.29) is 29.7 Å². The van der Waals surface area contributed by atoms with Crippen LogP contribution >= 0.6 is 0 Å². The van der Waals surface area contributed by atoms with Gasteiger partial charge in [0.15, 0.2) is 0 Å². The molecule has 1 unspecified atom stereocenters. The van der Waals surface area contributed by atoms with Crippen LogP contribution in [0, 0.1) is 35.4 Å². The third kappa shape index (κ3) is 3.57. The van der Waals surface area contributed by atoms with E-state index in [2.05, 4.69) is 24.1 Å². The van der Waals surface area contributed by atoms with Crippen LogP contribution in [0.1, 0.15) is 44.7 Å². The number of fused-ring (bicyclic) bond motifs is 2. The Morgan fingerprint density at radius 3 is 2.80 bits per heavy atom. The molecule has 4 heteroatoms. The number of halogens is 1. The van der Waals surface area contributed by atoms with Crippen molar-refractivity contribution in [2.75, 3.05) is 0 Å². The number of carbonyl (C=O) groups is 1. The molecular formula is C26H28FNO2. The van der Waals surface area contributed by atoms with Crippen molar-refractivity contribution >= 4 is 12.0 Å². The third-order valence-corrected chi connectivity index (χ3v) is 7.51. The number of allylic oxidation sites excluding steroid dienone is 1. The van der Waals surface area contributed by atoms with Gasteiger partial charge in [0.2, 0.25) is 0 Å². The van der Waals surface area contributed by atoms with Crippen molar-refractivity contribution in [1.82, 2.24) is 4.98 Å². The maximum atomic E-state index is 13.5. The smallest absolute Gasteiger partial charge is 0.309 e. The molecule has 0 bridgehead atoms. The largest absolute Gasteiger partial charge is 0.462 e. The Hall–Kier alpha value is -2.49. The average Bonchev–Trinajstić information content (AvgIpc) is 3.05. The Balaban J connectivity index is 1.39. The summed E-state index contributed by atoms with van der Waals surface area (Å²) in [7, 11) is 0. The van der Waals surface area contributed by atoms with Gasteiger partial charge in [-0.05, 0) is 67.4 Å². The van der Waals surface area contributed by atoms with Crippen LogP contribution in [0.4, 0.5) is 4.39 Å². The number of aromatic nitrogens is 1. The highest BCUT2D eigenvalue weighted by Crippen LogP contribution is 2.53. The molecule has 1 aromatic carbocycles. The maximum Gasteiger partial charge on any atom is 0.309 e. The van der Waals surface area contributed by atoms with Crippen molar-refractivity contribution < 1.29 is 13.9 Å². The van der Waals surface area contributed by atoms with Crippen molar-refractivity contribution in [3.63, 3.8) is 0 Å². The van der Waals surface area contributed by atoms with Crippen LogP contribution < -0.4 is 0 Å². The molecule has 3 nitrogen and oxygen atoms in total. The summed E-state index contributed by atoms with van der Waals surface area (Å²) in [6.45, 7) is 2.05. The number of benzene rings is 1. The summed E-state index contributed by atoms with van der Waals surface area (Å²) in [5, 5.41) is 0. The molecular weight excluding hydrogens is 377 g/mol. The first kappa shape index (κ1) is 19.5. The molecule has 1 aliphatic heterocycles. The Kier molecular flexibility index (Phi) is 5.18. The highest BCUT2D eigenvalue weighted by atomic mass is 19.1. The molecule has 1 saturated heterocycles. The first-order valence-corrected chi connectivity index (χ1v) is 11.2. The Bertz CT molecular complexity index is 954. The van der Waals surface area contributed by atoms with E-state index in [1.165, 1.54) is 37.8 Å². The van der Waals surface area contributed by atoms with Crippen molar-refractivity contribution in [3.8, 4) is 11.1 Å². The number of nitrogens with zero attached hydrogens (tertiary/aromatic N) is 1. The van der Waals surface area contributed by atoms with Crippen LogP contribution in [0.2, 0.25) is 0 Å². The van der Waals surface area contributed by atoms with Crippen LogP contribution in [-0.4, -0.2) is 17.1 Å². The molecule has 3 aliphatic rings. The minimum atomic E-state index is -0.243. The van der Waals surface area contributed by atoms with Crippen LogP contribution in [0.3, 0.4) is 0 Å². The number of hydrogen-bond donors (Lipinski definition) is 0. The standard InChI is InChI=1S/C26H28FNO2/c1-16-25-23(22-8-3-2-5-18(22)14-24(25)26(29)30-16)12-11-21-10-9-19(15-28-21)17-6-4-7-20(27)13-17/h4,6-7,9-13,15-16,18,22-25H,2-3,5,8,14H2,1H3/b12-11+/t16-,18+,22-,23+,24-,25?/m1/s1. The summed E-state index contributed by atoms with van der Waals surface area (Å²) < 4.78 is 19.1. The highest BCUT2D eigenvalue weighted by Gasteiger charge is 2.53. The Labute approximate surface area is 177 Å². The molecule has 1 aromatic heterocycles. The second-order valence-electron chi connectivity index (χ2n) is 9.19. The number of ether oxygens (including phenoxy) is 1. The van der Waals surface area contributed by atoms with E-state index in [4.69, 9.17) is 4.74 Å². The zero-order chi connectivity index (χ0) is 20.7. The lowest BCUT2D eigenvalue weighted by molar-refractivity contribution is -0.144. The van der Waals surface area contributed by atoms with Gasteiger partial charge < -0.3 is 4.74 Å². The van der Waals surface area contributed by atoms with Crippen LogP contribution in [0.25, 0.3) is 17.2 Å². The van der Waals surface area contributed by atoms with Crippen molar-refractivity contribution in [3.05, 3.63) is 60.2 Å². The summed E-state index contributed by atoms with van der Waals surface area (Å²) in [6, 6.07) is 10.5. The highest BCUT2D eigenvalue weighted by molar-refractivity contribution is 5.75. The SMILES string of the molecule is C[C@H]1OC(=O)[C@@H]2C[C@@H]3CCCC[C@H]3[C@H](/C=C/c3ccc(-c4cccc(F)c4)cn3)C12. The van der Waals surface area contributed by atoms with E-state index < -0.39 is 0 Å². The molecule has 30 heavy (non-hydrogen) atoms. The molecule has 0 amide bonds. The van der Waals surface area contributed by atoms with E-state index in [1.54, 1.807) is 12.3 Å². The number of rotatable bonds is 3. The summed E-state index contributed by atoms with van der Waals surface area (Å²) in [5.74, 6) is 1.73. The Morgan fingerprint density at radius 2 is 2.00 bits per heavy atom. The molecule has 3 fully saturated rings.